The highest BCUT2D eigenvalue weighted by Gasteiger charge is 2.28. The molecule has 8 heteroatoms. The lowest BCUT2D eigenvalue weighted by Gasteiger charge is -2.35. The van der Waals surface area contributed by atoms with Crippen molar-refractivity contribution in [3.05, 3.63) is 80.1 Å². The minimum Gasteiger partial charge on any atom is -0.335 e. The molecule has 0 radical (unpaired) electrons. The number of piperazine rings is 1. The maximum absolute atomic E-state index is 13.2. The summed E-state index contributed by atoms with van der Waals surface area (Å²) in [7, 11) is 1.68. The Balaban J connectivity index is 1.54. The number of halogens is 2. The number of rotatable bonds is 2. The molecule has 0 aliphatic carbocycles. The van der Waals surface area contributed by atoms with Crippen LogP contribution in [0.15, 0.2) is 53.3 Å². The van der Waals surface area contributed by atoms with Crippen molar-refractivity contribution in [2.24, 2.45) is 7.05 Å². The van der Waals surface area contributed by atoms with Crippen molar-refractivity contribution in [3.63, 3.8) is 0 Å². The van der Waals surface area contributed by atoms with Gasteiger partial charge >= 0.3 is 0 Å². The normalized spacial score (nSPS) is 14.2. The van der Waals surface area contributed by atoms with Crippen LogP contribution in [0.3, 0.4) is 0 Å². The molecule has 1 aliphatic heterocycles. The second kappa shape index (κ2) is 8.13. The van der Waals surface area contributed by atoms with E-state index in [2.05, 4.69) is 0 Å². The first kappa shape index (κ1) is 20.4. The Morgan fingerprint density at radius 3 is 2.10 bits per heavy atom. The zero-order chi connectivity index (χ0) is 21.4. The van der Waals surface area contributed by atoms with Crippen LogP contribution in [0.1, 0.15) is 20.7 Å². The SMILES string of the molecule is Cn1c(=O)cc(C(=O)N2CCN(C(=O)c3cccc(Cl)c3Cl)CC2)c2ccccc21. The molecule has 2 heterocycles. The minimum absolute atomic E-state index is 0.211. The molecule has 1 fully saturated rings. The maximum Gasteiger partial charge on any atom is 0.255 e. The van der Waals surface area contributed by atoms with Gasteiger partial charge in [0, 0.05) is 44.7 Å². The van der Waals surface area contributed by atoms with Crippen LogP contribution in [0.2, 0.25) is 10.0 Å². The van der Waals surface area contributed by atoms with E-state index in [-0.39, 0.29) is 22.4 Å². The van der Waals surface area contributed by atoms with Gasteiger partial charge in [-0.1, -0.05) is 47.5 Å². The van der Waals surface area contributed by atoms with Gasteiger partial charge in [-0.3, -0.25) is 14.4 Å². The monoisotopic (exact) mass is 443 g/mol. The van der Waals surface area contributed by atoms with E-state index < -0.39 is 0 Å². The number of pyridine rings is 1. The number of hydrogen-bond acceptors (Lipinski definition) is 3. The van der Waals surface area contributed by atoms with Gasteiger partial charge in [0.1, 0.15) is 0 Å². The summed E-state index contributed by atoms with van der Waals surface area (Å²) < 4.78 is 1.53. The molecule has 4 rings (SSSR count). The van der Waals surface area contributed by atoms with Gasteiger partial charge in [0.2, 0.25) is 0 Å². The summed E-state index contributed by atoms with van der Waals surface area (Å²) in [4.78, 5) is 41.6. The van der Waals surface area contributed by atoms with E-state index in [1.54, 1.807) is 35.0 Å². The van der Waals surface area contributed by atoms with Crippen molar-refractivity contribution in [2.45, 2.75) is 0 Å². The fraction of sp³-hybridized carbons (Fsp3) is 0.227. The standard InChI is InChI=1S/C22H19Cl2N3O3/c1-25-18-8-3-2-5-14(18)16(13-19(25)28)22(30)27-11-9-26(10-12-27)21(29)15-6-4-7-17(23)20(15)24/h2-8,13H,9-12H2,1H3. The quantitative estimate of drug-likeness (QED) is 0.609. The molecule has 2 aromatic carbocycles. The third-order valence-corrected chi connectivity index (χ3v) is 6.24. The molecule has 0 spiro atoms. The number of carbonyl (C=O) groups excluding carboxylic acids is 2. The summed E-state index contributed by atoms with van der Waals surface area (Å²) >= 11 is 12.2. The first-order valence-electron chi connectivity index (χ1n) is 9.50. The number of para-hydroxylation sites is 1. The van der Waals surface area contributed by atoms with Crippen LogP contribution >= 0.6 is 23.2 Å². The molecule has 0 bridgehead atoms. The number of aromatic nitrogens is 1. The average molecular weight is 444 g/mol. The molecule has 154 valence electrons. The first-order chi connectivity index (χ1) is 14.4. The van der Waals surface area contributed by atoms with Crippen LogP contribution in [0.4, 0.5) is 0 Å². The van der Waals surface area contributed by atoms with Crippen molar-refractivity contribution in [1.82, 2.24) is 14.4 Å². The van der Waals surface area contributed by atoms with Crippen molar-refractivity contribution >= 4 is 45.9 Å². The lowest BCUT2D eigenvalue weighted by atomic mass is 10.1. The van der Waals surface area contributed by atoms with Gasteiger partial charge in [-0.25, -0.2) is 0 Å². The summed E-state index contributed by atoms with van der Waals surface area (Å²) in [6.45, 7) is 1.48. The molecule has 0 unspecified atom stereocenters. The molecule has 0 atom stereocenters. The number of hydrogen-bond donors (Lipinski definition) is 0. The van der Waals surface area contributed by atoms with Crippen LogP contribution in [0, 0.1) is 0 Å². The van der Waals surface area contributed by atoms with Crippen LogP contribution in [-0.2, 0) is 7.05 Å². The third-order valence-electron chi connectivity index (χ3n) is 5.42. The number of fused-ring (bicyclic) bond motifs is 1. The fourth-order valence-electron chi connectivity index (χ4n) is 3.71. The molecule has 6 nitrogen and oxygen atoms in total. The summed E-state index contributed by atoms with van der Waals surface area (Å²) in [6, 6.07) is 13.7. The predicted octanol–water partition coefficient (Wildman–Crippen LogP) is 3.44. The van der Waals surface area contributed by atoms with Gasteiger partial charge in [0.15, 0.2) is 0 Å². The zero-order valence-electron chi connectivity index (χ0n) is 16.3. The fourth-order valence-corrected chi connectivity index (χ4v) is 4.09. The number of aryl methyl sites for hydroxylation is 1. The largest absolute Gasteiger partial charge is 0.335 e. The van der Waals surface area contributed by atoms with E-state index in [0.29, 0.717) is 47.8 Å². The Bertz CT molecular complexity index is 1210. The van der Waals surface area contributed by atoms with Crippen molar-refractivity contribution in [2.75, 3.05) is 26.2 Å². The van der Waals surface area contributed by atoms with E-state index in [1.165, 1.54) is 10.6 Å². The van der Waals surface area contributed by atoms with E-state index in [4.69, 9.17) is 23.2 Å². The highest BCUT2D eigenvalue weighted by Crippen LogP contribution is 2.27. The number of benzene rings is 2. The zero-order valence-corrected chi connectivity index (χ0v) is 17.8. The Morgan fingerprint density at radius 1 is 0.833 bits per heavy atom. The van der Waals surface area contributed by atoms with Gasteiger partial charge in [-0.05, 0) is 18.2 Å². The van der Waals surface area contributed by atoms with Gasteiger partial charge in [-0.15, -0.1) is 0 Å². The lowest BCUT2D eigenvalue weighted by Crippen LogP contribution is -2.50. The van der Waals surface area contributed by atoms with Gasteiger partial charge in [0.05, 0.1) is 26.7 Å². The maximum atomic E-state index is 13.2. The van der Waals surface area contributed by atoms with Gasteiger partial charge in [0.25, 0.3) is 17.4 Å². The smallest absolute Gasteiger partial charge is 0.255 e. The first-order valence-corrected chi connectivity index (χ1v) is 10.3. The molecule has 1 aromatic heterocycles. The van der Waals surface area contributed by atoms with Crippen LogP contribution in [-0.4, -0.2) is 52.4 Å². The Morgan fingerprint density at radius 2 is 1.43 bits per heavy atom. The molecule has 2 amide bonds. The highest BCUT2D eigenvalue weighted by atomic mass is 35.5. The van der Waals surface area contributed by atoms with Crippen molar-refractivity contribution in [1.29, 1.82) is 0 Å². The van der Waals surface area contributed by atoms with Crippen molar-refractivity contribution in [3.8, 4) is 0 Å². The Hall–Kier alpha value is -2.83. The summed E-state index contributed by atoms with van der Waals surface area (Å²) in [5, 5.41) is 1.29. The molecular weight excluding hydrogens is 425 g/mol. The van der Waals surface area contributed by atoms with Gasteiger partial charge in [-0.2, -0.15) is 0 Å². The number of amides is 2. The predicted molar refractivity (Wildman–Crippen MR) is 117 cm³/mol. The molecule has 30 heavy (non-hydrogen) atoms. The van der Waals surface area contributed by atoms with Crippen LogP contribution in [0.5, 0.6) is 0 Å². The molecule has 3 aromatic rings. The van der Waals surface area contributed by atoms with Gasteiger partial charge < -0.3 is 14.4 Å². The van der Waals surface area contributed by atoms with E-state index in [9.17, 15) is 14.4 Å². The topological polar surface area (TPSA) is 62.6 Å². The summed E-state index contributed by atoms with van der Waals surface area (Å²) in [6.07, 6.45) is 0. The second-order valence-corrected chi connectivity index (χ2v) is 7.94. The molecular formula is C22H19Cl2N3O3. The molecule has 0 saturated carbocycles. The highest BCUT2D eigenvalue weighted by molar-refractivity contribution is 6.43. The number of nitrogens with zero attached hydrogens (tertiary/aromatic N) is 3. The Labute approximate surface area is 183 Å². The van der Waals surface area contributed by atoms with E-state index >= 15 is 0 Å². The lowest BCUT2D eigenvalue weighted by molar-refractivity contribution is 0.0536. The Kier molecular flexibility index (Phi) is 5.54. The van der Waals surface area contributed by atoms with Crippen molar-refractivity contribution < 1.29 is 9.59 Å². The summed E-state index contributed by atoms with van der Waals surface area (Å²) in [5.74, 6) is -0.426. The summed E-state index contributed by atoms with van der Waals surface area (Å²) in [5.41, 5.74) is 1.20. The average Bonchev–Trinajstić information content (AvgIpc) is 2.77. The molecule has 1 aliphatic rings. The second-order valence-electron chi connectivity index (χ2n) is 7.16. The molecule has 1 saturated heterocycles. The van der Waals surface area contributed by atoms with E-state index in [0.717, 1.165) is 5.39 Å². The van der Waals surface area contributed by atoms with E-state index in [1.807, 2.05) is 24.3 Å². The number of carbonyl (C=O) groups is 2. The minimum atomic E-state index is -0.235. The van der Waals surface area contributed by atoms with Crippen LogP contribution in [0.25, 0.3) is 10.9 Å². The third kappa shape index (κ3) is 3.57. The molecule has 0 N–H and O–H groups in total. The van der Waals surface area contributed by atoms with Crippen LogP contribution < -0.4 is 5.56 Å².